The van der Waals surface area contributed by atoms with Gasteiger partial charge in [-0.3, -0.25) is 4.79 Å². The Kier molecular flexibility index (Phi) is 5.56. The minimum absolute atomic E-state index is 0.261. The van der Waals surface area contributed by atoms with Crippen molar-refractivity contribution in [3.05, 3.63) is 29.3 Å². The van der Waals surface area contributed by atoms with Crippen LogP contribution < -0.4 is 5.73 Å². The molecule has 0 atom stereocenters. The minimum Gasteiger partial charge on any atom is -0.342 e. The van der Waals surface area contributed by atoms with Gasteiger partial charge in [-0.15, -0.1) is 11.8 Å². The number of amides is 1. The summed E-state index contributed by atoms with van der Waals surface area (Å²) in [5, 5.41) is 0. The third kappa shape index (κ3) is 4.26. The molecule has 1 heterocycles. The fraction of sp³-hybridized carbons (Fsp3) is 0.611. The number of aryl methyl sites for hydroxylation is 2. The molecule has 3 nitrogen and oxygen atoms in total. The molecule has 0 saturated carbocycles. The van der Waals surface area contributed by atoms with Crippen LogP contribution in [-0.2, 0) is 4.79 Å². The third-order valence-corrected chi connectivity index (χ3v) is 5.95. The van der Waals surface area contributed by atoms with E-state index in [1.165, 1.54) is 16.0 Å². The number of rotatable bonds is 4. The number of piperidine rings is 1. The average Bonchev–Trinajstić information content (AvgIpc) is 2.48. The fourth-order valence-corrected chi connectivity index (χ4v) is 3.92. The molecule has 0 unspecified atom stereocenters. The van der Waals surface area contributed by atoms with Crippen molar-refractivity contribution in [2.24, 2.45) is 11.1 Å². The highest BCUT2D eigenvalue weighted by Crippen LogP contribution is 2.32. The molecular formula is C18H28N2OS. The lowest BCUT2D eigenvalue weighted by atomic mass is 9.92. The van der Waals surface area contributed by atoms with Gasteiger partial charge in [-0.25, -0.2) is 0 Å². The molecule has 1 saturated heterocycles. The second-order valence-electron chi connectivity index (χ2n) is 7.07. The Bertz CT molecular complexity index is 534. The largest absolute Gasteiger partial charge is 0.342 e. The lowest BCUT2D eigenvalue weighted by Crippen LogP contribution is -2.48. The van der Waals surface area contributed by atoms with E-state index in [9.17, 15) is 4.79 Å². The zero-order valence-electron chi connectivity index (χ0n) is 14.2. The number of hydrogen-bond acceptors (Lipinski definition) is 3. The number of carbonyl (C=O) groups excluding carboxylic acids is 1. The van der Waals surface area contributed by atoms with E-state index in [1.807, 2.05) is 4.90 Å². The van der Waals surface area contributed by atoms with Crippen molar-refractivity contribution in [1.29, 1.82) is 0 Å². The summed E-state index contributed by atoms with van der Waals surface area (Å²) in [6.07, 6.45) is 1.85. The summed E-state index contributed by atoms with van der Waals surface area (Å²) < 4.78 is 0. The van der Waals surface area contributed by atoms with Crippen molar-refractivity contribution in [2.45, 2.75) is 51.5 Å². The van der Waals surface area contributed by atoms with Crippen LogP contribution in [0.1, 0.15) is 37.8 Å². The van der Waals surface area contributed by atoms with Crippen LogP contribution in [0.25, 0.3) is 0 Å². The SMILES string of the molecule is Cc1ccc(C)c(SCC(C)(C)C(=O)N2CCC(N)CC2)c1. The van der Waals surface area contributed by atoms with Gasteiger partial charge in [0.2, 0.25) is 5.91 Å². The van der Waals surface area contributed by atoms with Gasteiger partial charge >= 0.3 is 0 Å². The second-order valence-corrected chi connectivity index (χ2v) is 8.09. The Labute approximate surface area is 138 Å². The number of hydrogen-bond donors (Lipinski definition) is 1. The fourth-order valence-electron chi connectivity index (χ4n) is 2.71. The molecule has 4 heteroatoms. The van der Waals surface area contributed by atoms with Crippen LogP contribution in [0.3, 0.4) is 0 Å². The topological polar surface area (TPSA) is 46.3 Å². The number of likely N-dealkylation sites (tertiary alicyclic amines) is 1. The van der Waals surface area contributed by atoms with E-state index in [-0.39, 0.29) is 17.4 Å². The maximum Gasteiger partial charge on any atom is 0.229 e. The number of benzene rings is 1. The monoisotopic (exact) mass is 320 g/mol. The summed E-state index contributed by atoms with van der Waals surface area (Å²) in [4.78, 5) is 16.0. The lowest BCUT2D eigenvalue weighted by molar-refractivity contribution is -0.140. The molecule has 0 bridgehead atoms. The highest BCUT2D eigenvalue weighted by Gasteiger charge is 2.33. The van der Waals surface area contributed by atoms with Gasteiger partial charge in [-0.2, -0.15) is 0 Å². The predicted molar refractivity (Wildman–Crippen MR) is 94.2 cm³/mol. The zero-order chi connectivity index (χ0) is 16.3. The number of nitrogens with two attached hydrogens (primary N) is 1. The molecule has 22 heavy (non-hydrogen) atoms. The first-order chi connectivity index (χ1) is 10.3. The van der Waals surface area contributed by atoms with Crippen LogP contribution in [-0.4, -0.2) is 35.7 Å². The van der Waals surface area contributed by atoms with Crippen molar-refractivity contribution in [2.75, 3.05) is 18.8 Å². The molecule has 1 amide bonds. The normalized spacial score (nSPS) is 16.9. The number of carbonyl (C=O) groups is 1. The predicted octanol–water partition coefficient (Wildman–Crippen LogP) is 3.37. The maximum atomic E-state index is 12.8. The van der Waals surface area contributed by atoms with E-state index < -0.39 is 0 Å². The lowest BCUT2D eigenvalue weighted by Gasteiger charge is -2.36. The van der Waals surface area contributed by atoms with Gasteiger partial charge in [0.05, 0.1) is 5.41 Å². The Morgan fingerprint density at radius 3 is 2.59 bits per heavy atom. The molecule has 1 aromatic carbocycles. The highest BCUT2D eigenvalue weighted by atomic mass is 32.2. The molecule has 2 N–H and O–H groups in total. The van der Waals surface area contributed by atoms with Crippen molar-refractivity contribution >= 4 is 17.7 Å². The first-order valence-corrected chi connectivity index (χ1v) is 9.03. The summed E-state index contributed by atoms with van der Waals surface area (Å²) in [6.45, 7) is 9.96. The Hall–Kier alpha value is -1.00. The molecule has 1 aliphatic rings. The van der Waals surface area contributed by atoms with Gasteiger partial charge in [0.15, 0.2) is 0 Å². The van der Waals surface area contributed by atoms with E-state index in [4.69, 9.17) is 5.73 Å². The molecule has 0 aromatic heterocycles. The van der Waals surface area contributed by atoms with Crippen LogP contribution in [0.4, 0.5) is 0 Å². The van der Waals surface area contributed by atoms with E-state index >= 15 is 0 Å². The van der Waals surface area contributed by atoms with Gasteiger partial charge in [0.25, 0.3) is 0 Å². The molecule has 1 aromatic rings. The summed E-state index contributed by atoms with van der Waals surface area (Å²) in [6, 6.07) is 6.75. The number of nitrogens with zero attached hydrogens (tertiary/aromatic N) is 1. The van der Waals surface area contributed by atoms with Gasteiger partial charge in [-0.1, -0.05) is 31.5 Å². The molecule has 122 valence electrons. The van der Waals surface area contributed by atoms with Crippen LogP contribution >= 0.6 is 11.8 Å². The van der Waals surface area contributed by atoms with Crippen LogP contribution in [0.5, 0.6) is 0 Å². The Morgan fingerprint density at radius 1 is 1.32 bits per heavy atom. The highest BCUT2D eigenvalue weighted by molar-refractivity contribution is 7.99. The van der Waals surface area contributed by atoms with E-state index in [1.54, 1.807) is 11.8 Å². The molecule has 0 radical (unpaired) electrons. The Balaban J connectivity index is 1.98. The number of thioether (sulfide) groups is 1. The van der Waals surface area contributed by atoms with Gasteiger partial charge in [0, 0.05) is 29.8 Å². The molecule has 1 aliphatic heterocycles. The summed E-state index contributed by atoms with van der Waals surface area (Å²) in [5.74, 6) is 1.07. The van der Waals surface area contributed by atoms with E-state index in [2.05, 4.69) is 45.9 Å². The maximum absolute atomic E-state index is 12.8. The quantitative estimate of drug-likeness (QED) is 0.865. The first-order valence-electron chi connectivity index (χ1n) is 8.04. The smallest absolute Gasteiger partial charge is 0.229 e. The minimum atomic E-state index is -0.345. The summed E-state index contributed by atoms with van der Waals surface area (Å²) in [7, 11) is 0. The average molecular weight is 321 g/mol. The van der Waals surface area contributed by atoms with E-state index in [0.29, 0.717) is 0 Å². The van der Waals surface area contributed by atoms with Crippen molar-refractivity contribution < 1.29 is 4.79 Å². The first kappa shape index (κ1) is 17.4. The molecule has 2 rings (SSSR count). The zero-order valence-corrected chi connectivity index (χ0v) is 15.0. The third-order valence-electron chi connectivity index (χ3n) is 4.34. The molecular weight excluding hydrogens is 292 g/mol. The van der Waals surface area contributed by atoms with Gasteiger partial charge in [0.1, 0.15) is 0 Å². The van der Waals surface area contributed by atoms with Crippen LogP contribution in [0.2, 0.25) is 0 Å². The molecule has 0 spiro atoms. The summed E-state index contributed by atoms with van der Waals surface area (Å²) >= 11 is 1.79. The standard InChI is InChI=1S/C18H28N2OS/c1-13-5-6-14(2)16(11-13)22-12-18(3,4)17(21)20-9-7-15(19)8-10-20/h5-6,11,15H,7-10,12,19H2,1-4H3. The molecule has 0 aliphatic carbocycles. The van der Waals surface area contributed by atoms with Crippen LogP contribution in [0, 0.1) is 19.3 Å². The van der Waals surface area contributed by atoms with Gasteiger partial charge in [-0.05, 0) is 38.3 Å². The Morgan fingerprint density at radius 2 is 1.95 bits per heavy atom. The van der Waals surface area contributed by atoms with Crippen molar-refractivity contribution in [3.63, 3.8) is 0 Å². The second kappa shape index (κ2) is 7.05. The van der Waals surface area contributed by atoms with Gasteiger partial charge < -0.3 is 10.6 Å². The van der Waals surface area contributed by atoms with Crippen molar-refractivity contribution in [1.82, 2.24) is 4.90 Å². The summed E-state index contributed by atoms with van der Waals surface area (Å²) in [5.41, 5.74) is 8.13. The van der Waals surface area contributed by atoms with E-state index in [0.717, 1.165) is 31.7 Å². The van der Waals surface area contributed by atoms with Crippen LogP contribution in [0.15, 0.2) is 23.1 Å². The molecule has 1 fully saturated rings. The van der Waals surface area contributed by atoms with Crippen molar-refractivity contribution in [3.8, 4) is 0 Å².